The molecule has 6 nitrogen and oxygen atoms in total. The predicted molar refractivity (Wildman–Crippen MR) is 82.4 cm³/mol. The summed E-state index contributed by atoms with van der Waals surface area (Å²) in [5, 5.41) is 12.0. The van der Waals surface area contributed by atoms with Crippen LogP contribution in [0.15, 0.2) is 30.3 Å². The Bertz CT molecular complexity index is 863. The number of Topliss-reactive ketones (excluding diaryl/α,β-unsaturated/α-hetero) is 1. The van der Waals surface area contributed by atoms with Gasteiger partial charge in [-0.25, -0.2) is 4.39 Å². The fraction of sp³-hybridized carbons (Fsp3) is 0.250. The van der Waals surface area contributed by atoms with Gasteiger partial charge in [0.25, 0.3) is 0 Å². The number of hydrogen-bond acceptors (Lipinski definition) is 4. The number of carbonyl (C=O) groups is 1. The molecule has 0 amide bonds. The average Bonchev–Trinajstić information content (AvgIpc) is 3.08. The van der Waals surface area contributed by atoms with Crippen LogP contribution in [0, 0.1) is 19.7 Å². The third-order valence-electron chi connectivity index (χ3n) is 3.92. The van der Waals surface area contributed by atoms with Gasteiger partial charge in [-0.2, -0.15) is 4.80 Å². The van der Waals surface area contributed by atoms with Crippen LogP contribution < -0.4 is 0 Å². The Morgan fingerprint density at radius 2 is 1.91 bits per heavy atom. The number of rotatable bonds is 4. The summed E-state index contributed by atoms with van der Waals surface area (Å²) >= 11 is 0. The molecule has 1 aromatic carbocycles. The highest BCUT2D eigenvalue weighted by atomic mass is 19.1. The summed E-state index contributed by atoms with van der Waals surface area (Å²) in [6.07, 6.45) is 0. The molecule has 0 saturated heterocycles. The van der Waals surface area contributed by atoms with Gasteiger partial charge in [-0.15, -0.1) is 10.2 Å². The molecule has 2 aromatic heterocycles. The number of hydrogen-bond donors (Lipinski definition) is 0. The second kappa shape index (κ2) is 5.75. The predicted octanol–water partition coefficient (Wildman–Crippen LogP) is 2.32. The molecule has 0 aliphatic rings. The van der Waals surface area contributed by atoms with Crippen molar-refractivity contribution in [2.75, 3.05) is 0 Å². The van der Waals surface area contributed by atoms with Gasteiger partial charge < -0.3 is 4.57 Å². The fourth-order valence-corrected chi connectivity index (χ4v) is 2.38. The van der Waals surface area contributed by atoms with Crippen LogP contribution in [-0.2, 0) is 13.6 Å². The van der Waals surface area contributed by atoms with Crippen LogP contribution in [0.1, 0.15) is 21.7 Å². The molecule has 0 fully saturated rings. The summed E-state index contributed by atoms with van der Waals surface area (Å²) < 4.78 is 14.9. The van der Waals surface area contributed by atoms with Crippen molar-refractivity contribution in [3.63, 3.8) is 0 Å². The molecule has 3 rings (SSSR count). The van der Waals surface area contributed by atoms with E-state index in [0.29, 0.717) is 17.0 Å². The zero-order chi connectivity index (χ0) is 16.6. The van der Waals surface area contributed by atoms with Gasteiger partial charge in [0.05, 0.1) is 0 Å². The van der Waals surface area contributed by atoms with Crippen LogP contribution in [0.3, 0.4) is 0 Å². The van der Waals surface area contributed by atoms with E-state index in [1.54, 1.807) is 12.1 Å². The zero-order valence-corrected chi connectivity index (χ0v) is 13.1. The first-order chi connectivity index (χ1) is 11.0. The summed E-state index contributed by atoms with van der Waals surface area (Å²) in [6, 6.07) is 7.66. The standard InChI is InChI=1S/C16H16FN5O/c1-10-8-14(11(2)21(10)3)15(23)9-22-19-16(18-20-22)12-4-6-13(17)7-5-12/h4-8H,9H2,1-3H3. The first-order valence-electron chi connectivity index (χ1n) is 7.15. The highest BCUT2D eigenvalue weighted by molar-refractivity contribution is 5.97. The highest BCUT2D eigenvalue weighted by Gasteiger charge is 2.16. The molecule has 0 spiro atoms. The Balaban J connectivity index is 1.80. The van der Waals surface area contributed by atoms with Crippen molar-refractivity contribution >= 4 is 5.78 Å². The van der Waals surface area contributed by atoms with Crippen molar-refractivity contribution in [3.05, 3.63) is 53.1 Å². The van der Waals surface area contributed by atoms with E-state index in [-0.39, 0.29) is 18.1 Å². The first kappa shape index (κ1) is 15.1. The van der Waals surface area contributed by atoms with E-state index < -0.39 is 0 Å². The Hall–Kier alpha value is -2.83. The van der Waals surface area contributed by atoms with E-state index >= 15 is 0 Å². The van der Waals surface area contributed by atoms with Gasteiger partial charge in [0.1, 0.15) is 12.4 Å². The smallest absolute Gasteiger partial charge is 0.204 e. The van der Waals surface area contributed by atoms with Crippen LogP contribution in [-0.4, -0.2) is 30.6 Å². The molecule has 23 heavy (non-hydrogen) atoms. The normalized spacial score (nSPS) is 11.0. The van der Waals surface area contributed by atoms with Crippen molar-refractivity contribution in [1.82, 2.24) is 24.8 Å². The Labute approximate surface area is 132 Å². The minimum Gasteiger partial charge on any atom is -0.351 e. The number of carbonyl (C=O) groups excluding carboxylic acids is 1. The molecule has 0 N–H and O–H groups in total. The zero-order valence-electron chi connectivity index (χ0n) is 13.1. The maximum Gasteiger partial charge on any atom is 0.204 e. The van der Waals surface area contributed by atoms with Crippen LogP contribution in [0.25, 0.3) is 11.4 Å². The van der Waals surface area contributed by atoms with E-state index in [4.69, 9.17) is 0 Å². The Morgan fingerprint density at radius 3 is 2.52 bits per heavy atom. The van der Waals surface area contributed by atoms with Crippen molar-refractivity contribution in [2.45, 2.75) is 20.4 Å². The average molecular weight is 313 g/mol. The number of aromatic nitrogens is 5. The van der Waals surface area contributed by atoms with E-state index in [2.05, 4.69) is 15.4 Å². The maximum absolute atomic E-state index is 12.9. The summed E-state index contributed by atoms with van der Waals surface area (Å²) in [5.74, 6) is -0.0423. The quantitative estimate of drug-likeness (QED) is 0.693. The van der Waals surface area contributed by atoms with Crippen molar-refractivity contribution in [3.8, 4) is 11.4 Å². The van der Waals surface area contributed by atoms with E-state index in [1.165, 1.54) is 16.9 Å². The molecule has 118 valence electrons. The Morgan fingerprint density at radius 1 is 1.22 bits per heavy atom. The summed E-state index contributed by atoms with van der Waals surface area (Å²) in [4.78, 5) is 13.7. The molecule has 0 bridgehead atoms. The molecule has 3 aromatic rings. The summed E-state index contributed by atoms with van der Waals surface area (Å²) in [5.41, 5.74) is 3.23. The van der Waals surface area contributed by atoms with Crippen LogP contribution in [0.4, 0.5) is 4.39 Å². The lowest BCUT2D eigenvalue weighted by Gasteiger charge is -2.01. The highest BCUT2D eigenvalue weighted by Crippen LogP contribution is 2.16. The second-order valence-corrected chi connectivity index (χ2v) is 5.42. The van der Waals surface area contributed by atoms with Gasteiger partial charge in [-0.05, 0) is 49.4 Å². The fourth-order valence-electron chi connectivity index (χ4n) is 2.38. The van der Waals surface area contributed by atoms with E-state index in [9.17, 15) is 9.18 Å². The third kappa shape index (κ3) is 2.90. The van der Waals surface area contributed by atoms with Gasteiger partial charge in [0, 0.05) is 29.6 Å². The largest absolute Gasteiger partial charge is 0.351 e. The second-order valence-electron chi connectivity index (χ2n) is 5.42. The summed E-state index contributed by atoms with van der Waals surface area (Å²) in [7, 11) is 1.92. The van der Waals surface area contributed by atoms with Gasteiger partial charge in [0.15, 0.2) is 5.78 Å². The van der Waals surface area contributed by atoms with Crippen LogP contribution in [0.2, 0.25) is 0 Å². The molecule has 0 unspecified atom stereocenters. The number of benzene rings is 1. The topological polar surface area (TPSA) is 65.6 Å². The number of halogens is 1. The number of aryl methyl sites for hydroxylation is 1. The lowest BCUT2D eigenvalue weighted by Crippen LogP contribution is -2.14. The molecule has 0 radical (unpaired) electrons. The van der Waals surface area contributed by atoms with Crippen LogP contribution in [0.5, 0.6) is 0 Å². The molecule has 0 aliphatic heterocycles. The minimum absolute atomic E-state index is 0.0124. The number of ketones is 1. The number of nitrogens with zero attached hydrogens (tertiary/aromatic N) is 5. The summed E-state index contributed by atoms with van der Waals surface area (Å²) in [6.45, 7) is 3.86. The van der Waals surface area contributed by atoms with Crippen LogP contribution >= 0.6 is 0 Å². The maximum atomic E-state index is 12.9. The molecule has 0 atom stereocenters. The lowest BCUT2D eigenvalue weighted by molar-refractivity contribution is 0.0960. The van der Waals surface area contributed by atoms with Crippen molar-refractivity contribution < 1.29 is 9.18 Å². The van der Waals surface area contributed by atoms with E-state index in [0.717, 1.165) is 11.4 Å². The van der Waals surface area contributed by atoms with Crippen molar-refractivity contribution in [1.29, 1.82) is 0 Å². The first-order valence-corrected chi connectivity index (χ1v) is 7.15. The minimum atomic E-state index is -0.328. The van der Waals surface area contributed by atoms with Gasteiger partial charge in [0.2, 0.25) is 5.82 Å². The number of tetrazole rings is 1. The third-order valence-corrected chi connectivity index (χ3v) is 3.92. The Kier molecular flexibility index (Phi) is 3.77. The molecule has 2 heterocycles. The van der Waals surface area contributed by atoms with Gasteiger partial charge >= 0.3 is 0 Å². The van der Waals surface area contributed by atoms with Crippen molar-refractivity contribution in [2.24, 2.45) is 7.05 Å². The molecule has 0 aliphatic carbocycles. The molecular weight excluding hydrogens is 297 g/mol. The lowest BCUT2D eigenvalue weighted by atomic mass is 10.1. The van der Waals surface area contributed by atoms with Gasteiger partial charge in [-0.1, -0.05) is 0 Å². The van der Waals surface area contributed by atoms with Gasteiger partial charge in [-0.3, -0.25) is 4.79 Å². The molecule has 7 heteroatoms. The van der Waals surface area contributed by atoms with E-state index in [1.807, 2.05) is 31.5 Å². The molecular formula is C16H16FN5O. The monoisotopic (exact) mass is 313 g/mol. The SMILES string of the molecule is Cc1cc(C(=O)Cn2nnc(-c3ccc(F)cc3)n2)c(C)n1C. The molecule has 0 saturated carbocycles.